The summed E-state index contributed by atoms with van der Waals surface area (Å²) in [5.41, 5.74) is 2.65. The molecule has 0 fully saturated rings. The van der Waals surface area contributed by atoms with Gasteiger partial charge in [0.15, 0.2) is 5.78 Å². The molecule has 0 amide bonds. The highest BCUT2D eigenvalue weighted by atomic mass is 16.5. The van der Waals surface area contributed by atoms with Crippen LogP contribution in [0.3, 0.4) is 0 Å². The summed E-state index contributed by atoms with van der Waals surface area (Å²) in [6, 6.07) is 15.7. The lowest BCUT2D eigenvalue weighted by Gasteiger charge is -2.08. The lowest BCUT2D eigenvalue weighted by molar-refractivity contribution is 0.0971. The highest BCUT2D eigenvalue weighted by Crippen LogP contribution is 2.34. The molecule has 2 aromatic carbocycles. The minimum atomic E-state index is 0.181. The second-order valence-corrected chi connectivity index (χ2v) is 5.61. The molecule has 0 saturated heterocycles. The van der Waals surface area contributed by atoms with E-state index >= 15 is 0 Å². The zero-order valence-electron chi connectivity index (χ0n) is 12.2. The first-order chi connectivity index (χ1) is 10.8. The van der Waals surface area contributed by atoms with Crippen LogP contribution in [-0.4, -0.2) is 5.78 Å². The molecule has 0 spiro atoms. The highest BCUT2D eigenvalue weighted by Gasteiger charge is 2.24. The monoisotopic (exact) mass is 292 g/mol. The van der Waals surface area contributed by atoms with Gasteiger partial charge in [0.1, 0.15) is 23.7 Å². The van der Waals surface area contributed by atoms with E-state index < -0.39 is 0 Å². The van der Waals surface area contributed by atoms with Crippen LogP contribution in [0, 0.1) is 0 Å². The first-order valence-electron chi connectivity index (χ1n) is 7.56. The second-order valence-electron chi connectivity index (χ2n) is 5.61. The summed E-state index contributed by atoms with van der Waals surface area (Å²) >= 11 is 0. The van der Waals surface area contributed by atoms with Gasteiger partial charge in [-0.2, -0.15) is 0 Å². The molecule has 1 aliphatic rings. The van der Waals surface area contributed by atoms with Gasteiger partial charge < -0.3 is 9.15 Å². The summed E-state index contributed by atoms with van der Waals surface area (Å²) in [6.45, 7) is 0.514. The standard InChI is InChI=1S/C19H16O3/c20-16-7-4-8-18-19(16)15-11-14(9-10-17(15)22-18)21-12-13-5-2-1-3-6-13/h1-3,5-6,9-11H,4,7-8,12H2. The van der Waals surface area contributed by atoms with Crippen LogP contribution in [0.15, 0.2) is 52.9 Å². The normalized spacial score (nSPS) is 14.1. The third kappa shape index (κ3) is 2.29. The summed E-state index contributed by atoms with van der Waals surface area (Å²) in [6.07, 6.45) is 2.33. The molecule has 0 radical (unpaired) electrons. The van der Waals surface area contributed by atoms with E-state index in [1.807, 2.05) is 48.5 Å². The molecule has 0 saturated carbocycles. The van der Waals surface area contributed by atoms with Crippen LogP contribution in [0.1, 0.15) is 34.5 Å². The molecular weight excluding hydrogens is 276 g/mol. The van der Waals surface area contributed by atoms with Gasteiger partial charge in [0.05, 0.1) is 5.56 Å². The van der Waals surface area contributed by atoms with Crippen molar-refractivity contribution in [2.24, 2.45) is 0 Å². The number of ether oxygens (including phenoxy) is 1. The Labute approximate surface area is 128 Å². The van der Waals surface area contributed by atoms with Crippen molar-refractivity contribution < 1.29 is 13.9 Å². The minimum Gasteiger partial charge on any atom is -0.489 e. The van der Waals surface area contributed by atoms with Gasteiger partial charge in [-0.25, -0.2) is 0 Å². The fraction of sp³-hybridized carbons (Fsp3) is 0.211. The quantitative estimate of drug-likeness (QED) is 0.712. The van der Waals surface area contributed by atoms with E-state index in [-0.39, 0.29) is 5.78 Å². The van der Waals surface area contributed by atoms with Gasteiger partial charge in [-0.1, -0.05) is 30.3 Å². The van der Waals surface area contributed by atoms with Crippen LogP contribution < -0.4 is 4.74 Å². The van der Waals surface area contributed by atoms with Crippen LogP contribution in [-0.2, 0) is 13.0 Å². The lowest BCUT2D eigenvalue weighted by atomic mass is 9.95. The van der Waals surface area contributed by atoms with Gasteiger partial charge in [-0.15, -0.1) is 0 Å². The molecule has 22 heavy (non-hydrogen) atoms. The fourth-order valence-corrected chi connectivity index (χ4v) is 2.97. The maximum Gasteiger partial charge on any atom is 0.167 e. The molecule has 3 aromatic rings. The number of aryl methyl sites for hydroxylation is 1. The fourth-order valence-electron chi connectivity index (χ4n) is 2.97. The van der Waals surface area contributed by atoms with Crippen molar-refractivity contribution in [2.45, 2.75) is 25.9 Å². The smallest absolute Gasteiger partial charge is 0.167 e. The Morgan fingerprint density at radius 2 is 1.91 bits per heavy atom. The number of rotatable bonds is 3. The lowest BCUT2D eigenvalue weighted by Crippen LogP contribution is -2.08. The number of carbonyl (C=O) groups is 1. The molecule has 3 heteroatoms. The maximum atomic E-state index is 12.2. The van der Waals surface area contributed by atoms with Crippen molar-refractivity contribution in [2.75, 3.05) is 0 Å². The van der Waals surface area contributed by atoms with E-state index in [0.29, 0.717) is 13.0 Å². The number of hydrogen-bond acceptors (Lipinski definition) is 3. The van der Waals surface area contributed by atoms with Crippen molar-refractivity contribution in [1.82, 2.24) is 0 Å². The Morgan fingerprint density at radius 1 is 1.05 bits per heavy atom. The average Bonchev–Trinajstić information content (AvgIpc) is 2.93. The van der Waals surface area contributed by atoms with Gasteiger partial charge in [0.25, 0.3) is 0 Å². The third-order valence-electron chi connectivity index (χ3n) is 4.07. The van der Waals surface area contributed by atoms with Crippen molar-refractivity contribution in [3.8, 4) is 5.75 Å². The molecule has 1 aromatic heterocycles. The predicted molar refractivity (Wildman–Crippen MR) is 84.3 cm³/mol. The summed E-state index contributed by atoms with van der Waals surface area (Å²) in [5.74, 6) is 1.77. The van der Waals surface area contributed by atoms with Gasteiger partial charge in [0, 0.05) is 18.2 Å². The number of benzene rings is 2. The van der Waals surface area contributed by atoms with Gasteiger partial charge in [-0.3, -0.25) is 4.79 Å². The topological polar surface area (TPSA) is 39.4 Å². The Balaban J connectivity index is 1.65. The molecule has 110 valence electrons. The third-order valence-corrected chi connectivity index (χ3v) is 4.07. The van der Waals surface area contributed by atoms with Crippen molar-refractivity contribution in [3.05, 3.63) is 65.4 Å². The molecule has 0 N–H and O–H groups in total. The summed E-state index contributed by atoms with van der Waals surface area (Å²) in [5, 5.41) is 0.880. The zero-order valence-corrected chi connectivity index (χ0v) is 12.2. The first-order valence-corrected chi connectivity index (χ1v) is 7.56. The molecular formula is C19H16O3. The van der Waals surface area contributed by atoms with Gasteiger partial charge in [-0.05, 0) is 30.2 Å². The molecule has 4 rings (SSSR count). The Kier molecular flexibility index (Phi) is 3.19. The van der Waals surface area contributed by atoms with Crippen LogP contribution in [0.25, 0.3) is 11.0 Å². The van der Waals surface area contributed by atoms with E-state index in [1.54, 1.807) is 0 Å². The largest absolute Gasteiger partial charge is 0.489 e. The summed E-state index contributed by atoms with van der Waals surface area (Å²) in [4.78, 5) is 12.2. The number of hydrogen-bond donors (Lipinski definition) is 0. The minimum absolute atomic E-state index is 0.181. The van der Waals surface area contributed by atoms with Crippen LogP contribution >= 0.6 is 0 Å². The summed E-state index contributed by atoms with van der Waals surface area (Å²) < 4.78 is 11.6. The SMILES string of the molecule is O=C1CCCc2oc3ccc(OCc4ccccc4)cc3c21. The van der Waals surface area contributed by atoms with E-state index in [4.69, 9.17) is 9.15 Å². The van der Waals surface area contributed by atoms with Crippen molar-refractivity contribution in [3.63, 3.8) is 0 Å². The van der Waals surface area contributed by atoms with Crippen LogP contribution in [0.4, 0.5) is 0 Å². The Morgan fingerprint density at radius 3 is 2.77 bits per heavy atom. The van der Waals surface area contributed by atoms with E-state index in [2.05, 4.69) is 0 Å². The summed E-state index contributed by atoms with van der Waals surface area (Å²) in [7, 11) is 0. The molecule has 1 aliphatic carbocycles. The molecule has 1 heterocycles. The maximum absolute atomic E-state index is 12.2. The molecule has 3 nitrogen and oxygen atoms in total. The number of fused-ring (bicyclic) bond motifs is 3. The molecule has 0 atom stereocenters. The number of carbonyl (C=O) groups excluding carboxylic acids is 1. The Bertz CT molecular complexity index is 831. The molecule has 0 unspecified atom stereocenters. The highest BCUT2D eigenvalue weighted by molar-refractivity contribution is 6.09. The van der Waals surface area contributed by atoms with Crippen LogP contribution in [0.5, 0.6) is 5.75 Å². The Hall–Kier alpha value is -2.55. The average molecular weight is 292 g/mol. The van der Waals surface area contributed by atoms with E-state index in [0.717, 1.165) is 46.4 Å². The first kappa shape index (κ1) is 13.1. The van der Waals surface area contributed by atoms with Gasteiger partial charge in [0.2, 0.25) is 0 Å². The molecule has 0 bridgehead atoms. The zero-order chi connectivity index (χ0) is 14.9. The van der Waals surface area contributed by atoms with Crippen molar-refractivity contribution in [1.29, 1.82) is 0 Å². The number of ketones is 1. The predicted octanol–water partition coefficient (Wildman–Crippen LogP) is 4.53. The van der Waals surface area contributed by atoms with E-state index in [9.17, 15) is 4.79 Å². The van der Waals surface area contributed by atoms with Gasteiger partial charge >= 0.3 is 0 Å². The van der Waals surface area contributed by atoms with Crippen molar-refractivity contribution >= 4 is 16.8 Å². The second kappa shape index (κ2) is 5.34. The number of Topliss-reactive ketones (excluding diaryl/α,β-unsaturated/α-hetero) is 1. The van der Waals surface area contributed by atoms with Crippen LogP contribution in [0.2, 0.25) is 0 Å². The van der Waals surface area contributed by atoms with E-state index in [1.165, 1.54) is 0 Å². The molecule has 0 aliphatic heterocycles. The number of furan rings is 1.